The van der Waals surface area contributed by atoms with Crippen LogP contribution >= 0.6 is 15.9 Å². The maximum atomic E-state index is 13.7. The largest absolute Gasteiger partial charge is 0.369 e. The molecule has 0 bridgehead atoms. The molecule has 1 rings (SSSR count). The number of nitrogens with zero attached hydrogens (tertiary/aromatic N) is 1. The van der Waals surface area contributed by atoms with E-state index < -0.39 is 17.5 Å². The Labute approximate surface area is 107 Å². The van der Waals surface area contributed by atoms with Crippen molar-refractivity contribution >= 4 is 21.8 Å². The van der Waals surface area contributed by atoms with Crippen molar-refractivity contribution in [2.24, 2.45) is 5.73 Å². The Morgan fingerprint density at radius 1 is 1.47 bits per heavy atom. The second-order valence-corrected chi connectivity index (χ2v) is 4.45. The van der Waals surface area contributed by atoms with E-state index in [0.717, 1.165) is 0 Å². The Morgan fingerprint density at radius 2 is 2.12 bits per heavy atom. The maximum absolute atomic E-state index is 13.7. The van der Waals surface area contributed by atoms with Crippen LogP contribution in [0, 0.1) is 11.6 Å². The minimum Gasteiger partial charge on any atom is -0.369 e. The van der Waals surface area contributed by atoms with Gasteiger partial charge in [-0.2, -0.15) is 0 Å². The fraction of sp³-hybridized carbons (Fsp3) is 0.364. The molecule has 0 aliphatic carbocycles. The predicted octanol–water partition coefficient (Wildman–Crippen LogP) is 2.03. The minimum atomic E-state index is -0.645. The van der Waals surface area contributed by atoms with E-state index in [0.29, 0.717) is 6.54 Å². The maximum Gasteiger partial charge on any atom is 0.231 e. The summed E-state index contributed by atoms with van der Waals surface area (Å²) in [5.41, 5.74) is 4.98. The van der Waals surface area contributed by atoms with E-state index in [2.05, 4.69) is 15.9 Å². The topological polar surface area (TPSA) is 46.3 Å². The third-order valence-electron chi connectivity index (χ3n) is 2.35. The number of nitrogens with two attached hydrogens (primary N) is 1. The Bertz CT molecular complexity index is 426. The van der Waals surface area contributed by atoms with Crippen LogP contribution in [0.3, 0.4) is 0 Å². The third kappa shape index (κ3) is 3.74. The zero-order chi connectivity index (χ0) is 13.0. The monoisotopic (exact) mass is 306 g/mol. The van der Waals surface area contributed by atoms with Crippen LogP contribution in [0.15, 0.2) is 16.6 Å². The van der Waals surface area contributed by atoms with Crippen molar-refractivity contribution in [2.45, 2.75) is 13.5 Å². The van der Waals surface area contributed by atoms with E-state index in [9.17, 15) is 13.6 Å². The first-order chi connectivity index (χ1) is 7.95. The smallest absolute Gasteiger partial charge is 0.231 e. The number of primary amides is 1. The van der Waals surface area contributed by atoms with Crippen molar-refractivity contribution in [3.63, 3.8) is 0 Å². The van der Waals surface area contributed by atoms with Gasteiger partial charge in [-0.15, -0.1) is 0 Å². The number of carbonyl (C=O) groups excluding carboxylic acids is 1. The van der Waals surface area contributed by atoms with Crippen LogP contribution in [0.1, 0.15) is 12.5 Å². The molecule has 94 valence electrons. The standard InChI is InChI=1S/C11H13BrF2N2O/c1-2-16(6-10(15)17)5-7-9(13)4-3-8(12)11(7)14/h3-4H,2,5-6H2,1H3,(H2,15,17). The van der Waals surface area contributed by atoms with Crippen LogP contribution < -0.4 is 5.73 Å². The minimum absolute atomic E-state index is 0.0105. The number of halogens is 3. The summed E-state index contributed by atoms with van der Waals surface area (Å²) in [4.78, 5) is 12.3. The normalized spacial score (nSPS) is 10.9. The molecule has 3 nitrogen and oxygen atoms in total. The van der Waals surface area contributed by atoms with Crippen molar-refractivity contribution in [2.75, 3.05) is 13.1 Å². The van der Waals surface area contributed by atoms with Gasteiger partial charge in [-0.3, -0.25) is 9.69 Å². The zero-order valence-corrected chi connectivity index (χ0v) is 10.9. The number of hydrogen-bond donors (Lipinski definition) is 1. The predicted molar refractivity (Wildman–Crippen MR) is 64.2 cm³/mol. The first kappa shape index (κ1) is 14.1. The molecule has 0 aliphatic heterocycles. The molecule has 0 spiro atoms. The SMILES string of the molecule is CCN(CC(N)=O)Cc1c(F)ccc(Br)c1F. The summed E-state index contributed by atoms with van der Waals surface area (Å²) in [6, 6.07) is 2.49. The molecule has 1 aromatic carbocycles. The van der Waals surface area contributed by atoms with Crippen LogP contribution in [-0.2, 0) is 11.3 Å². The van der Waals surface area contributed by atoms with Gasteiger partial charge in [-0.05, 0) is 34.6 Å². The van der Waals surface area contributed by atoms with Gasteiger partial charge in [0.2, 0.25) is 5.91 Å². The second-order valence-electron chi connectivity index (χ2n) is 3.59. The van der Waals surface area contributed by atoms with Gasteiger partial charge in [-0.1, -0.05) is 6.92 Å². The van der Waals surface area contributed by atoms with E-state index in [1.807, 2.05) is 0 Å². The third-order valence-corrected chi connectivity index (χ3v) is 2.96. The molecule has 1 aromatic rings. The van der Waals surface area contributed by atoms with Crippen molar-refractivity contribution < 1.29 is 13.6 Å². The number of rotatable bonds is 5. The highest BCUT2D eigenvalue weighted by Crippen LogP contribution is 2.22. The Balaban J connectivity index is 2.93. The van der Waals surface area contributed by atoms with Crippen LogP contribution in [0.4, 0.5) is 8.78 Å². The van der Waals surface area contributed by atoms with Gasteiger partial charge in [-0.25, -0.2) is 8.78 Å². The van der Waals surface area contributed by atoms with Crippen molar-refractivity contribution in [1.82, 2.24) is 4.90 Å². The highest BCUT2D eigenvalue weighted by molar-refractivity contribution is 9.10. The van der Waals surface area contributed by atoms with Gasteiger partial charge in [0.1, 0.15) is 11.6 Å². The van der Waals surface area contributed by atoms with Gasteiger partial charge < -0.3 is 5.73 Å². The summed E-state index contributed by atoms with van der Waals surface area (Å²) < 4.78 is 27.3. The Morgan fingerprint density at radius 3 is 2.65 bits per heavy atom. The highest BCUT2D eigenvalue weighted by atomic mass is 79.9. The average Bonchev–Trinajstić information content (AvgIpc) is 2.27. The highest BCUT2D eigenvalue weighted by Gasteiger charge is 2.16. The molecule has 0 saturated heterocycles. The summed E-state index contributed by atoms with van der Waals surface area (Å²) in [5.74, 6) is -1.80. The van der Waals surface area contributed by atoms with Crippen LogP contribution in [-0.4, -0.2) is 23.9 Å². The number of benzene rings is 1. The molecule has 0 aliphatic rings. The molecule has 0 radical (unpaired) electrons. The summed E-state index contributed by atoms with van der Waals surface area (Å²) in [5, 5.41) is 0. The summed E-state index contributed by atoms with van der Waals surface area (Å²) in [6.45, 7) is 2.25. The van der Waals surface area contributed by atoms with Gasteiger partial charge in [0, 0.05) is 12.1 Å². The number of amides is 1. The number of likely N-dealkylation sites (N-methyl/N-ethyl adjacent to an activating group) is 1. The van der Waals surface area contributed by atoms with E-state index >= 15 is 0 Å². The fourth-order valence-electron chi connectivity index (χ4n) is 1.44. The van der Waals surface area contributed by atoms with Crippen LogP contribution in [0.25, 0.3) is 0 Å². The molecule has 0 saturated carbocycles. The molecule has 2 N–H and O–H groups in total. The van der Waals surface area contributed by atoms with Crippen LogP contribution in [0.5, 0.6) is 0 Å². The lowest BCUT2D eigenvalue weighted by Gasteiger charge is -2.19. The van der Waals surface area contributed by atoms with Gasteiger partial charge in [0.15, 0.2) is 0 Å². The lowest BCUT2D eigenvalue weighted by Crippen LogP contribution is -2.33. The molecule has 6 heteroatoms. The first-order valence-corrected chi connectivity index (χ1v) is 5.88. The van der Waals surface area contributed by atoms with Crippen molar-refractivity contribution in [3.05, 3.63) is 33.8 Å². The number of hydrogen-bond acceptors (Lipinski definition) is 2. The molecule has 0 atom stereocenters. The van der Waals surface area contributed by atoms with E-state index in [1.54, 1.807) is 11.8 Å². The Hall–Kier alpha value is -1.01. The molecular formula is C11H13BrF2N2O. The van der Waals surface area contributed by atoms with Gasteiger partial charge >= 0.3 is 0 Å². The zero-order valence-electron chi connectivity index (χ0n) is 9.34. The van der Waals surface area contributed by atoms with E-state index in [1.165, 1.54) is 12.1 Å². The molecular weight excluding hydrogens is 294 g/mol. The summed E-state index contributed by atoms with van der Waals surface area (Å²) in [7, 11) is 0. The van der Waals surface area contributed by atoms with E-state index in [4.69, 9.17) is 5.73 Å². The number of carbonyl (C=O) groups is 1. The molecule has 0 heterocycles. The molecule has 0 aromatic heterocycles. The molecule has 0 unspecified atom stereocenters. The van der Waals surface area contributed by atoms with Gasteiger partial charge in [0.25, 0.3) is 0 Å². The van der Waals surface area contributed by atoms with Crippen molar-refractivity contribution in [3.8, 4) is 0 Å². The summed E-state index contributed by atoms with van der Waals surface area (Å²) >= 11 is 2.99. The second kappa shape index (κ2) is 6.07. The quantitative estimate of drug-likeness (QED) is 0.846. The first-order valence-electron chi connectivity index (χ1n) is 5.08. The summed E-state index contributed by atoms with van der Waals surface area (Å²) in [6.07, 6.45) is 0. The molecule has 0 fully saturated rings. The molecule has 1 amide bonds. The lowest BCUT2D eigenvalue weighted by atomic mass is 10.2. The fourth-order valence-corrected chi connectivity index (χ4v) is 1.81. The lowest BCUT2D eigenvalue weighted by molar-refractivity contribution is -0.119. The average molecular weight is 307 g/mol. The Kier molecular flexibility index (Phi) is 5.02. The van der Waals surface area contributed by atoms with Crippen molar-refractivity contribution in [1.29, 1.82) is 0 Å². The molecule has 17 heavy (non-hydrogen) atoms. The van der Waals surface area contributed by atoms with E-state index in [-0.39, 0.29) is 23.1 Å². The van der Waals surface area contributed by atoms with Crippen LogP contribution in [0.2, 0.25) is 0 Å². The van der Waals surface area contributed by atoms with Gasteiger partial charge in [0.05, 0.1) is 11.0 Å².